The maximum atomic E-state index is 13.7. The summed E-state index contributed by atoms with van der Waals surface area (Å²) >= 11 is 7.80. The normalized spacial score (nSPS) is 13.8. The van der Waals surface area contributed by atoms with Crippen molar-refractivity contribution in [3.05, 3.63) is 105 Å². The van der Waals surface area contributed by atoms with Crippen LogP contribution >= 0.6 is 22.9 Å². The molecule has 6 aromatic rings. The molecular weight excluding hydrogens is 548 g/mol. The molecule has 39 heavy (non-hydrogen) atoms. The average molecular weight is 562 g/mol. The summed E-state index contributed by atoms with van der Waals surface area (Å²) in [7, 11) is 0. The number of ether oxygens (including phenoxy) is 2. The molecule has 0 aliphatic carbocycles. The number of halogens is 3. The van der Waals surface area contributed by atoms with E-state index in [1.54, 1.807) is 36.5 Å². The Balaban J connectivity index is 1.41. The molecule has 0 saturated heterocycles. The van der Waals surface area contributed by atoms with E-state index in [0.717, 1.165) is 21.3 Å². The highest BCUT2D eigenvalue weighted by molar-refractivity contribution is 7.22. The number of nitrogens with one attached hydrogen (secondary N) is 1. The predicted octanol–water partition coefficient (Wildman–Crippen LogP) is 6.60. The summed E-state index contributed by atoms with van der Waals surface area (Å²) in [5.41, 5.74) is 1.37. The lowest BCUT2D eigenvalue weighted by Gasteiger charge is -2.11. The standard InChI is InChI=1S/C28H14ClF2N3O4S/c29-18-7-3-6-17(14-8-9-21-22(10-14)38-28(30,31)37-21)24(18)23-11-19-25(39-23)26(35)34(27(36)33-19)20-13-32-12-15-4-1-2-5-16(15)20/h1-13H,(H,33,36). The summed E-state index contributed by atoms with van der Waals surface area (Å²) < 4.78 is 37.7. The van der Waals surface area contributed by atoms with Gasteiger partial charge in [-0.2, -0.15) is 0 Å². The molecule has 0 bridgehead atoms. The molecule has 0 radical (unpaired) electrons. The van der Waals surface area contributed by atoms with E-state index in [-0.39, 0.29) is 11.5 Å². The molecule has 3 aromatic heterocycles. The molecule has 7 nitrogen and oxygen atoms in total. The molecule has 0 atom stereocenters. The molecule has 0 amide bonds. The van der Waals surface area contributed by atoms with Gasteiger partial charge in [-0.15, -0.1) is 20.1 Å². The molecule has 1 aliphatic heterocycles. The van der Waals surface area contributed by atoms with Gasteiger partial charge in [0.1, 0.15) is 4.70 Å². The van der Waals surface area contributed by atoms with Gasteiger partial charge in [-0.25, -0.2) is 9.36 Å². The van der Waals surface area contributed by atoms with Crippen molar-refractivity contribution in [3.63, 3.8) is 0 Å². The Morgan fingerprint density at radius 2 is 1.77 bits per heavy atom. The summed E-state index contributed by atoms with van der Waals surface area (Å²) in [6.07, 6.45) is -0.598. The molecule has 7 rings (SSSR count). The van der Waals surface area contributed by atoms with Crippen LogP contribution in [-0.4, -0.2) is 20.8 Å². The fraction of sp³-hybridized carbons (Fsp3) is 0.0357. The minimum absolute atomic E-state index is 0.0739. The van der Waals surface area contributed by atoms with E-state index >= 15 is 0 Å². The van der Waals surface area contributed by atoms with E-state index in [9.17, 15) is 18.4 Å². The summed E-state index contributed by atoms with van der Waals surface area (Å²) in [6, 6.07) is 18.7. The number of alkyl halides is 2. The van der Waals surface area contributed by atoms with Crippen LogP contribution in [-0.2, 0) is 0 Å². The van der Waals surface area contributed by atoms with Crippen molar-refractivity contribution in [1.29, 1.82) is 0 Å². The molecule has 0 fully saturated rings. The zero-order valence-electron chi connectivity index (χ0n) is 19.6. The van der Waals surface area contributed by atoms with E-state index < -0.39 is 17.5 Å². The zero-order valence-corrected chi connectivity index (χ0v) is 21.1. The number of aromatic amines is 1. The van der Waals surface area contributed by atoms with Gasteiger partial charge in [-0.3, -0.25) is 9.78 Å². The summed E-state index contributed by atoms with van der Waals surface area (Å²) in [6.45, 7) is 0. The quantitative estimate of drug-likeness (QED) is 0.263. The third kappa shape index (κ3) is 3.79. The smallest absolute Gasteiger partial charge is 0.395 e. The highest BCUT2D eigenvalue weighted by Gasteiger charge is 2.43. The monoisotopic (exact) mass is 561 g/mol. The maximum Gasteiger partial charge on any atom is 0.586 e. The Morgan fingerprint density at radius 3 is 2.64 bits per heavy atom. The third-order valence-electron chi connectivity index (χ3n) is 6.43. The SMILES string of the molecule is O=c1[nH]c2cc(-c3c(Cl)cccc3-c3ccc4c(c3)OC(F)(F)O4)sc2c(=O)n1-c1cncc2ccccc12. The average Bonchev–Trinajstić information content (AvgIpc) is 3.47. The number of fused-ring (bicyclic) bond motifs is 3. The van der Waals surface area contributed by atoms with Gasteiger partial charge >= 0.3 is 12.0 Å². The second kappa shape index (κ2) is 8.48. The first-order valence-electron chi connectivity index (χ1n) is 11.6. The molecule has 1 N–H and O–H groups in total. The number of hydrogen-bond acceptors (Lipinski definition) is 6. The Labute approximate surface area is 226 Å². The van der Waals surface area contributed by atoms with Crippen LogP contribution in [0, 0.1) is 0 Å². The number of nitrogens with zero attached hydrogens (tertiary/aromatic N) is 2. The number of pyridine rings is 1. The second-order valence-corrected chi connectivity index (χ2v) is 10.3. The first kappa shape index (κ1) is 23.6. The zero-order chi connectivity index (χ0) is 26.9. The van der Waals surface area contributed by atoms with Crippen LogP contribution in [0.1, 0.15) is 0 Å². The Bertz CT molecular complexity index is 2080. The number of aromatic nitrogens is 3. The van der Waals surface area contributed by atoms with E-state index in [1.807, 2.05) is 24.3 Å². The fourth-order valence-electron chi connectivity index (χ4n) is 4.76. The van der Waals surface area contributed by atoms with Gasteiger partial charge in [0.15, 0.2) is 11.5 Å². The number of benzene rings is 3. The maximum absolute atomic E-state index is 13.7. The Hall–Kier alpha value is -4.54. The Kier molecular flexibility index (Phi) is 5.13. The fourth-order valence-corrected chi connectivity index (χ4v) is 6.21. The van der Waals surface area contributed by atoms with Gasteiger partial charge in [0.25, 0.3) is 5.56 Å². The van der Waals surface area contributed by atoms with Gasteiger partial charge in [-0.05, 0) is 35.4 Å². The lowest BCUT2D eigenvalue weighted by Crippen LogP contribution is -2.33. The number of hydrogen-bond donors (Lipinski definition) is 1. The van der Waals surface area contributed by atoms with E-state index in [4.69, 9.17) is 11.6 Å². The van der Waals surface area contributed by atoms with E-state index in [1.165, 1.54) is 18.3 Å². The van der Waals surface area contributed by atoms with Gasteiger partial charge in [0.2, 0.25) is 0 Å². The highest BCUT2D eigenvalue weighted by atomic mass is 35.5. The molecule has 11 heteroatoms. The minimum atomic E-state index is -3.74. The first-order chi connectivity index (χ1) is 18.8. The second-order valence-electron chi connectivity index (χ2n) is 8.80. The first-order valence-corrected chi connectivity index (χ1v) is 12.8. The molecule has 4 heterocycles. The van der Waals surface area contributed by atoms with Crippen molar-refractivity contribution >= 4 is 43.9 Å². The van der Waals surface area contributed by atoms with Crippen LogP contribution in [0.15, 0.2) is 88.7 Å². The van der Waals surface area contributed by atoms with Crippen molar-refractivity contribution < 1.29 is 18.3 Å². The summed E-state index contributed by atoms with van der Waals surface area (Å²) in [5.74, 6) is -0.175. The van der Waals surface area contributed by atoms with E-state index in [2.05, 4.69) is 19.4 Å². The number of thiophene rings is 1. The van der Waals surface area contributed by atoms with Crippen molar-refractivity contribution in [1.82, 2.24) is 14.5 Å². The van der Waals surface area contributed by atoms with Crippen LogP contribution < -0.4 is 20.7 Å². The van der Waals surface area contributed by atoms with Crippen molar-refractivity contribution in [2.75, 3.05) is 0 Å². The Morgan fingerprint density at radius 1 is 0.949 bits per heavy atom. The van der Waals surface area contributed by atoms with Crippen LogP contribution in [0.3, 0.4) is 0 Å². The van der Waals surface area contributed by atoms with Crippen molar-refractivity contribution in [2.45, 2.75) is 6.29 Å². The van der Waals surface area contributed by atoms with Crippen LogP contribution in [0.4, 0.5) is 8.78 Å². The van der Waals surface area contributed by atoms with E-state index in [0.29, 0.717) is 47.9 Å². The molecule has 3 aromatic carbocycles. The number of H-pyrrole nitrogens is 1. The summed E-state index contributed by atoms with van der Waals surface area (Å²) in [5, 5.41) is 1.87. The van der Waals surface area contributed by atoms with Gasteiger partial charge in [0.05, 0.1) is 17.4 Å². The van der Waals surface area contributed by atoms with Crippen LogP contribution in [0.5, 0.6) is 11.5 Å². The molecule has 0 saturated carbocycles. The topological polar surface area (TPSA) is 86.2 Å². The predicted molar refractivity (Wildman–Crippen MR) is 145 cm³/mol. The molecule has 0 unspecified atom stereocenters. The van der Waals surface area contributed by atoms with Crippen LogP contribution in [0.25, 0.3) is 48.2 Å². The molecule has 0 spiro atoms. The van der Waals surface area contributed by atoms with Gasteiger partial charge in [0, 0.05) is 32.4 Å². The third-order valence-corrected chi connectivity index (χ3v) is 7.89. The molecule has 192 valence electrons. The highest BCUT2D eigenvalue weighted by Crippen LogP contribution is 2.46. The minimum Gasteiger partial charge on any atom is -0.395 e. The van der Waals surface area contributed by atoms with Gasteiger partial charge < -0.3 is 14.5 Å². The largest absolute Gasteiger partial charge is 0.586 e. The lowest BCUT2D eigenvalue weighted by atomic mass is 9.98. The van der Waals surface area contributed by atoms with Crippen molar-refractivity contribution in [2.24, 2.45) is 0 Å². The van der Waals surface area contributed by atoms with Gasteiger partial charge in [-0.1, -0.05) is 54.1 Å². The van der Waals surface area contributed by atoms with Crippen LogP contribution in [0.2, 0.25) is 5.02 Å². The number of rotatable bonds is 3. The van der Waals surface area contributed by atoms with Crippen molar-refractivity contribution in [3.8, 4) is 38.8 Å². The summed E-state index contributed by atoms with van der Waals surface area (Å²) in [4.78, 5) is 34.4. The molecule has 1 aliphatic rings. The lowest BCUT2D eigenvalue weighted by molar-refractivity contribution is -0.286. The molecular formula is C28H14ClF2N3O4S.